The second-order valence-electron chi connectivity index (χ2n) is 5.76. The minimum atomic E-state index is -1.17. The Labute approximate surface area is 141 Å². The fraction of sp³-hybridized carbons (Fsp3) is 0.316. The molecule has 122 valence electrons. The van der Waals surface area contributed by atoms with Crippen molar-refractivity contribution < 1.29 is 4.21 Å². The van der Waals surface area contributed by atoms with Gasteiger partial charge in [-0.15, -0.1) is 0 Å². The van der Waals surface area contributed by atoms with Crippen LogP contribution in [0.15, 0.2) is 51.2 Å². The first-order valence-electron chi connectivity index (χ1n) is 7.77. The Bertz CT molecular complexity index is 753. The average molecular weight is 328 g/mol. The van der Waals surface area contributed by atoms with Crippen LogP contribution in [0.1, 0.15) is 23.6 Å². The van der Waals surface area contributed by atoms with Crippen LogP contribution >= 0.6 is 0 Å². The first kappa shape index (κ1) is 17.4. The SMILES string of the molecule is CCN(C)C=Nc1cc(C)c(S(=O)c2ccccc2C)cc1C. The second kappa shape index (κ2) is 7.55. The lowest BCUT2D eigenvalue weighted by Crippen LogP contribution is -2.14. The smallest absolute Gasteiger partial charge is 0.0909 e. The van der Waals surface area contributed by atoms with E-state index < -0.39 is 10.8 Å². The van der Waals surface area contributed by atoms with Crippen molar-refractivity contribution in [3.63, 3.8) is 0 Å². The van der Waals surface area contributed by atoms with Gasteiger partial charge in [-0.25, -0.2) is 9.20 Å². The standard InChI is InChI=1S/C19H24N2OS/c1-6-21(5)13-20-17-11-16(4)19(12-15(17)3)23(22)18-10-8-7-9-14(18)2/h7-13H,6H2,1-5H3. The summed E-state index contributed by atoms with van der Waals surface area (Å²) in [4.78, 5) is 8.28. The minimum Gasteiger partial charge on any atom is -0.366 e. The molecule has 0 amide bonds. The molecule has 2 rings (SSSR count). The fourth-order valence-electron chi connectivity index (χ4n) is 2.24. The summed E-state index contributed by atoms with van der Waals surface area (Å²) in [5, 5.41) is 0. The Hall–Kier alpha value is -1.94. The molecule has 0 aliphatic carbocycles. The summed E-state index contributed by atoms with van der Waals surface area (Å²) in [5.74, 6) is 0. The van der Waals surface area contributed by atoms with Crippen molar-refractivity contribution in [1.82, 2.24) is 4.90 Å². The zero-order valence-corrected chi connectivity index (χ0v) is 15.3. The first-order chi connectivity index (χ1) is 10.9. The van der Waals surface area contributed by atoms with E-state index in [1.54, 1.807) is 0 Å². The van der Waals surface area contributed by atoms with Crippen LogP contribution in [0.4, 0.5) is 5.69 Å². The third-order valence-corrected chi connectivity index (χ3v) is 5.58. The highest BCUT2D eigenvalue weighted by atomic mass is 32.2. The lowest BCUT2D eigenvalue weighted by Gasteiger charge is -2.12. The van der Waals surface area contributed by atoms with Crippen molar-refractivity contribution in [2.45, 2.75) is 37.5 Å². The highest BCUT2D eigenvalue weighted by Crippen LogP contribution is 2.28. The molecule has 0 saturated heterocycles. The molecule has 2 aromatic rings. The molecule has 4 heteroatoms. The summed E-state index contributed by atoms with van der Waals surface area (Å²) in [6.07, 6.45) is 1.83. The summed E-state index contributed by atoms with van der Waals surface area (Å²) in [5.41, 5.74) is 4.01. The van der Waals surface area contributed by atoms with Crippen LogP contribution < -0.4 is 0 Å². The van der Waals surface area contributed by atoms with Crippen LogP contribution in [0.5, 0.6) is 0 Å². The minimum absolute atomic E-state index is 0.861. The van der Waals surface area contributed by atoms with E-state index >= 15 is 0 Å². The molecule has 0 aliphatic rings. The molecular weight excluding hydrogens is 304 g/mol. The van der Waals surface area contributed by atoms with Gasteiger partial charge in [0.15, 0.2) is 0 Å². The van der Waals surface area contributed by atoms with Gasteiger partial charge in [-0.05, 0) is 62.6 Å². The molecule has 3 nitrogen and oxygen atoms in total. The number of aryl methyl sites for hydroxylation is 3. The number of hydrogen-bond acceptors (Lipinski definition) is 2. The maximum Gasteiger partial charge on any atom is 0.0909 e. The highest BCUT2D eigenvalue weighted by molar-refractivity contribution is 7.85. The van der Waals surface area contributed by atoms with E-state index in [1.807, 2.05) is 75.5 Å². The van der Waals surface area contributed by atoms with Gasteiger partial charge in [-0.3, -0.25) is 0 Å². The van der Waals surface area contributed by atoms with Gasteiger partial charge >= 0.3 is 0 Å². The normalized spacial score (nSPS) is 12.6. The fourth-order valence-corrected chi connectivity index (χ4v) is 3.67. The van der Waals surface area contributed by atoms with Crippen molar-refractivity contribution in [3.05, 3.63) is 53.1 Å². The highest BCUT2D eigenvalue weighted by Gasteiger charge is 2.14. The zero-order chi connectivity index (χ0) is 17.0. The van der Waals surface area contributed by atoms with E-state index in [0.29, 0.717) is 0 Å². The van der Waals surface area contributed by atoms with E-state index in [0.717, 1.165) is 38.7 Å². The molecule has 1 unspecified atom stereocenters. The third-order valence-electron chi connectivity index (χ3n) is 3.88. The van der Waals surface area contributed by atoms with Crippen molar-refractivity contribution in [2.75, 3.05) is 13.6 Å². The molecule has 0 fully saturated rings. The van der Waals surface area contributed by atoms with E-state index in [4.69, 9.17) is 0 Å². The van der Waals surface area contributed by atoms with Crippen molar-refractivity contribution in [3.8, 4) is 0 Å². The largest absolute Gasteiger partial charge is 0.366 e. The van der Waals surface area contributed by atoms with Crippen LogP contribution in [-0.2, 0) is 10.8 Å². The molecule has 0 heterocycles. The van der Waals surface area contributed by atoms with Gasteiger partial charge < -0.3 is 4.90 Å². The molecule has 0 N–H and O–H groups in total. The Morgan fingerprint density at radius 1 is 1.04 bits per heavy atom. The lowest BCUT2D eigenvalue weighted by atomic mass is 10.1. The van der Waals surface area contributed by atoms with Gasteiger partial charge in [-0.2, -0.15) is 0 Å². The number of benzene rings is 2. The zero-order valence-electron chi connectivity index (χ0n) is 14.5. The van der Waals surface area contributed by atoms with Gasteiger partial charge in [0.05, 0.1) is 22.8 Å². The molecule has 1 atom stereocenters. The van der Waals surface area contributed by atoms with Gasteiger partial charge in [0.25, 0.3) is 0 Å². The van der Waals surface area contributed by atoms with E-state index in [-0.39, 0.29) is 0 Å². The molecule has 0 radical (unpaired) electrons. The maximum atomic E-state index is 12.9. The van der Waals surface area contributed by atoms with Gasteiger partial charge in [0, 0.05) is 23.4 Å². The maximum absolute atomic E-state index is 12.9. The quantitative estimate of drug-likeness (QED) is 0.602. The Morgan fingerprint density at radius 2 is 1.74 bits per heavy atom. The summed E-state index contributed by atoms with van der Waals surface area (Å²) >= 11 is 0. The lowest BCUT2D eigenvalue weighted by molar-refractivity contribution is 0.552. The number of nitrogens with zero attached hydrogens (tertiary/aromatic N) is 2. The van der Waals surface area contributed by atoms with Gasteiger partial charge in [0.2, 0.25) is 0 Å². The van der Waals surface area contributed by atoms with Crippen LogP contribution in [-0.4, -0.2) is 29.0 Å². The summed E-state index contributed by atoms with van der Waals surface area (Å²) in [6, 6.07) is 11.8. The van der Waals surface area contributed by atoms with Crippen LogP contribution in [0, 0.1) is 20.8 Å². The monoisotopic (exact) mass is 328 g/mol. The van der Waals surface area contributed by atoms with E-state index in [9.17, 15) is 4.21 Å². The molecule has 2 aromatic carbocycles. The summed E-state index contributed by atoms with van der Waals surface area (Å²) in [6.45, 7) is 8.99. The second-order valence-corrected chi connectivity index (χ2v) is 7.17. The van der Waals surface area contributed by atoms with Crippen molar-refractivity contribution in [2.24, 2.45) is 4.99 Å². The molecule has 23 heavy (non-hydrogen) atoms. The Balaban J connectivity index is 2.39. The summed E-state index contributed by atoms with van der Waals surface area (Å²) < 4.78 is 12.9. The third kappa shape index (κ3) is 4.08. The average Bonchev–Trinajstić information content (AvgIpc) is 2.54. The number of rotatable bonds is 5. The predicted molar refractivity (Wildman–Crippen MR) is 98.2 cm³/mol. The topological polar surface area (TPSA) is 32.7 Å². The number of aliphatic imine (C=N–C) groups is 1. The molecule has 0 aromatic heterocycles. The molecule has 0 spiro atoms. The Morgan fingerprint density at radius 3 is 2.39 bits per heavy atom. The van der Waals surface area contributed by atoms with Crippen molar-refractivity contribution >= 4 is 22.8 Å². The Kier molecular flexibility index (Phi) is 5.72. The predicted octanol–water partition coefficient (Wildman–Crippen LogP) is 4.39. The van der Waals surface area contributed by atoms with Crippen LogP contribution in [0.3, 0.4) is 0 Å². The van der Waals surface area contributed by atoms with Crippen LogP contribution in [0.25, 0.3) is 0 Å². The molecule has 0 aliphatic heterocycles. The summed E-state index contributed by atoms with van der Waals surface area (Å²) in [7, 11) is 0.828. The van der Waals surface area contributed by atoms with Gasteiger partial charge in [0.1, 0.15) is 0 Å². The molecule has 0 bridgehead atoms. The van der Waals surface area contributed by atoms with E-state index in [1.165, 1.54) is 0 Å². The number of hydrogen-bond donors (Lipinski definition) is 0. The first-order valence-corrected chi connectivity index (χ1v) is 8.92. The van der Waals surface area contributed by atoms with Crippen LogP contribution in [0.2, 0.25) is 0 Å². The van der Waals surface area contributed by atoms with Crippen molar-refractivity contribution in [1.29, 1.82) is 0 Å². The molecule has 0 saturated carbocycles. The molecular formula is C19H24N2OS. The van der Waals surface area contributed by atoms with E-state index in [2.05, 4.69) is 11.9 Å². The van der Waals surface area contributed by atoms with Gasteiger partial charge in [-0.1, -0.05) is 18.2 Å².